The third-order valence-corrected chi connectivity index (χ3v) is 5.94. The highest BCUT2D eigenvalue weighted by Gasteiger charge is 2.20. The fourth-order valence-corrected chi connectivity index (χ4v) is 4.11. The zero-order chi connectivity index (χ0) is 21.5. The van der Waals surface area contributed by atoms with E-state index in [0.717, 1.165) is 53.9 Å². The molecule has 7 nitrogen and oxygen atoms in total. The van der Waals surface area contributed by atoms with Gasteiger partial charge in [0.25, 0.3) is 0 Å². The quantitative estimate of drug-likeness (QED) is 0.536. The minimum atomic E-state index is -0.544. The van der Waals surface area contributed by atoms with Crippen LogP contribution in [0.5, 0.6) is 0 Å². The number of aryl methyl sites for hydroxylation is 2. The summed E-state index contributed by atoms with van der Waals surface area (Å²) in [6.07, 6.45) is 6.53. The van der Waals surface area contributed by atoms with Gasteiger partial charge in [-0.05, 0) is 44.4 Å². The summed E-state index contributed by atoms with van der Waals surface area (Å²) < 4.78 is 24.2. The monoisotopic (exact) mass is 421 g/mol. The number of fused-ring (bicyclic) bond motifs is 1. The normalized spacial score (nSPS) is 16.8. The summed E-state index contributed by atoms with van der Waals surface area (Å²) in [5.74, 6) is 0.363. The van der Waals surface area contributed by atoms with Crippen molar-refractivity contribution in [1.29, 1.82) is 0 Å². The van der Waals surface area contributed by atoms with Crippen molar-refractivity contribution in [1.82, 2.24) is 24.3 Å². The lowest BCUT2D eigenvalue weighted by atomic mass is 10.0. The highest BCUT2D eigenvalue weighted by molar-refractivity contribution is 5.87. The minimum Gasteiger partial charge on any atom is -0.390 e. The number of benzene rings is 1. The van der Waals surface area contributed by atoms with Gasteiger partial charge in [0, 0.05) is 36.5 Å². The first-order chi connectivity index (χ1) is 15.0. The van der Waals surface area contributed by atoms with Crippen LogP contribution in [0.15, 0.2) is 36.7 Å². The van der Waals surface area contributed by atoms with E-state index >= 15 is 0 Å². The van der Waals surface area contributed by atoms with Gasteiger partial charge in [-0.15, -0.1) is 0 Å². The molecule has 3 aromatic heterocycles. The van der Waals surface area contributed by atoms with Gasteiger partial charge >= 0.3 is 0 Å². The van der Waals surface area contributed by atoms with Crippen molar-refractivity contribution in [2.75, 3.05) is 6.61 Å². The molecule has 1 aliphatic heterocycles. The van der Waals surface area contributed by atoms with Crippen LogP contribution >= 0.6 is 0 Å². The Hall–Kier alpha value is -3.10. The molecule has 0 saturated carbocycles. The Morgan fingerprint density at radius 3 is 2.84 bits per heavy atom. The van der Waals surface area contributed by atoms with Crippen molar-refractivity contribution in [3.63, 3.8) is 0 Å². The average Bonchev–Trinajstić information content (AvgIpc) is 3.39. The Kier molecular flexibility index (Phi) is 5.03. The van der Waals surface area contributed by atoms with Crippen molar-refractivity contribution in [2.45, 2.75) is 39.0 Å². The van der Waals surface area contributed by atoms with Crippen LogP contribution in [-0.2, 0) is 18.4 Å². The number of imidazole rings is 1. The maximum atomic E-state index is 14.6. The second-order valence-corrected chi connectivity index (χ2v) is 7.92. The van der Waals surface area contributed by atoms with E-state index in [9.17, 15) is 9.50 Å². The molecule has 0 amide bonds. The van der Waals surface area contributed by atoms with E-state index in [0.29, 0.717) is 11.3 Å². The molecular formula is C23H24FN5O2. The maximum absolute atomic E-state index is 14.6. The Balaban J connectivity index is 1.63. The Labute approximate surface area is 179 Å². The predicted octanol–water partition coefficient (Wildman–Crippen LogP) is 4.14. The van der Waals surface area contributed by atoms with Gasteiger partial charge in [0.2, 0.25) is 0 Å². The largest absolute Gasteiger partial charge is 0.390 e. The molecule has 1 fully saturated rings. The lowest BCUT2D eigenvalue weighted by Crippen LogP contribution is -2.18. The number of halogens is 1. The van der Waals surface area contributed by atoms with E-state index in [1.54, 1.807) is 10.9 Å². The third-order valence-electron chi connectivity index (χ3n) is 5.94. The van der Waals surface area contributed by atoms with Gasteiger partial charge in [0.15, 0.2) is 0 Å². The number of aliphatic hydroxyl groups excluding tert-OH is 1. The lowest BCUT2D eigenvalue weighted by molar-refractivity contribution is -0.0394. The number of rotatable bonds is 4. The fourth-order valence-electron chi connectivity index (χ4n) is 4.11. The average molecular weight is 421 g/mol. The number of hydrogen-bond acceptors (Lipinski definition) is 5. The summed E-state index contributed by atoms with van der Waals surface area (Å²) in [6.45, 7) is 2.20. The van der Waals surface area contributed by atoms with Crippen LogP contribution in [0.3, 0.4) is 0 Å². The summed E-state index contributed by atoms with van der Waals surface area (Å²) in [5, 5.41) is 14.1. The van der Waals surface area contributed by atoms with Gasteiger partial charge in [-0.25, -0.2) is 19.0 Å². The Bertz CT molecular complexity index is 1260. The summed E-state index contributed by atoms with van der Waals surface area (Å²) >= 11 is 0. The summed E-state index contributed by atoms with van der Waals surface area (Å²) in [4.78, 5) is 9.07. The molecule has 5 rings (SSSR count). The molecule has 8 heteroatoms. The first-order valence-corrected chi connectivity index (χ1v) is 10.4. The van der Waals surface area contributed by atoms with Crippen LogP contribution in [0.2, 0.25) is 0 Å². The molecule has 1 atom stereocenters. The number of ether oxygens (including phenoxy) is 1. The smallest absolute Gasteiger partial charge is 0.150 e. The van der Waals surface area contributed by atoms with Crippen LogP contribution in [0.4, 0.5) is 4.39 Å². The van der Waals surface area contributed by atoms with Crippen molar-refractivity contribution in [2.24, 2.45) is 7.05 Å². The highest BCUT2D eigenvalue weighted by atomic mass is 19.1. The zero-order valence-electron chi connectivity index (χ0n) is 17.5. The molecule has 4 aromatic rings. The van der Waals surface area contributed by atoms with Gasteiger partial charge < -0.3 is 14.4 Å². The lowest BCUT2D eigenvalue weighted by Gasteiger charge is -2.22. The van der Waals surface area contributed by atoms with E-state index in [-0.39, 0.29) is 11.9 Å². The van der Waals surface area contributed by atoms with Gasteiger partial charge in [-0.3, -0.25) is 0 Å². The SMILES string of the molecule is Cc1nc2cc(-c3nc(CO)c(F)cc3-c3cnn(C4CCCCO4)c3)ccc2n1C. The minimum absolute atomic E-state index is 0.0130. The Morgan fingerprint density at radius 1 is 1.19 bits per heavy atom. The molecule has 1 N–H and O–H groups in total. The van der Waals surface area contributed by atoms with E-state index < -0.39 is 12.4 Å². The molecule has 1 saturated heterocycles. The molecular weight excluding hydrogens is 397 g/mol. The van der Waals surface area contributed by atoms with Gasteiger partial charge in [-0.2, -0.15) is 5.10 Å². The van der Waals surface area contributed by atoms with Crippen LogP contribution < -0.4 is 0 Å². The predicted molar refractivity (Wildman–Crippen MR) is 115 cm³/mol. The van der Waals surface area contributed by atoms with E-state index in [1.807, 2.05) is 42.9 Å². The molecule has 160 valence electrons. The molecule has 0 radical (unpaired) electrons. The van der Waals surface area contributed by atoms with Crippen molar-refractivity contribution in [3.05, 3.63) is 54.0 Å². The first kappa shape index (κ1) is 19.8. The third kappa shape index (κ3) is 3.51. The molecule has 31 heavy (non-hydrogen) atoms. The number of aromatic nitrogens is 5. The van der Waals surface area contributed by atoms with Crippen molar-refractivity contribution < 1.29 is 14.2 Å². The van der Waals surface area contributed by atoms with Crippen molar-refractivity contribution in [3.8, 4) is 22.4 Å². The van der Waals surface area contributed by atoms with E-state index in [1.165, 1.54) is 6.07 Å². The van der Waals surface area contributed by atoms with Gasteiger partial charge in [0.1, 0.15) is 23.6 Å². The molecule has 0 bridgehead atoms. The highest BCUT2D eigenvalue weighted by Crippen LogP contribution is 2.34. The summed E-state index contributed by atoms with van der Waals surface area (Å²) in [7, 11) is 1.97. The Morgan fingerprint density at radius 2 is 2.06 bits per heavy atom. The van der Waals surface area contributed by atoms with Crippen LogP contribution in [0, 0.1) is 12.7 Å². The van der Waals surface area contributed by atoms with Gasteiger partial charge in [-0.1, -0.05) is 6.07 Å². The summed E-state index contributed by atoms with van der Waals surface area (Å²) in [5.41, 5.74) is 4.61. The van der Waals surface area contributed by atoms with E-state index in [2.05, 4.69) is 15.1 Å². The molecule has 0 spiro atoms. The molecule has 1 unspecified atom stereocenters. The summed E-state index contributed by atoms with van der Waals surface area (Å²) in [6, 6.07) is 7.30. The van der Waals surface area contributed by atoms with Crippen molar-refractivity contribution >= 4 is 11.0 Å². The topological polar surface area (TPSA) is 78.0 Å². The number of hydrogen-bond donors (Lipinski definition) is 1. The second-order valence-electron chi connectivity index (χ2n) is 7.92. The number of aliphatic hydroxyl groups is 1. The van der Waals surface area contributed by atoms with Crippen LogP contribution in [0.1, 0.15) is 37.0 Å². The first-order valence-electron chi connectivity index (χ1n) is 10.4. The molecule has 1 aliphatic rings. The van der Waals surface area contributed by atoms with Crippen LogP contribution in [0.25, 0.3) is 33.4 Å². The molecule has 1 aromatic carbocycles. The van der Waals surface area contributed by atoms with Crippen LogP contribution in [-0.4, -0.2) is 36.0 Å². The molecule has 4 heterocycles. The second kappa shape index (κ2) is 7.86. The van der Waals surface area contributed by atoms with Gasteiger partial charge in [0.05, 0.1) is 29.5 Å². The standard InChI is InChI=1S/C23H24FN5O2/c1-14-26-19-9-15(6-7-21(19)28(14)2)23-17(10-18(24)20(13-30)27-23)16-11-25-29(12-16)22-5-3-4-8-31-22/h6-7,9-12,22,30H,3-5,8,13H2,1-2H3. The fraction of sp³-hybridized carbons (Fsp3) is 0.348. The zero-order valence-corrected chi connectivity index (χ0v) is 17.5. The number of pyridine rings is 1. The molecule has 0 aliphatic carbocycles. The number of nitrogens with zero attached hydrogens (tertiary/aromatic N) is 5. The maximum Gasteiger partial charge on any atom is 0.150 e. The van der Waals surface area contributed by atoms with E-state index in [4.69, 9.17) is 4.74 Å².